The number of nitrogens with zero attached hydrogens (tertiary/aromatic N) is 1. The highest BCUT2D eigenvalue weighted by Crippen LogP contribution is 2.32. The SMILES string of the molecule is CN(C)CCNC(C)(C(N)=O)c1cc(F)c(Cl)cc1Cl. The van der Waals surface area contributed by atoms with Gasteiger partial charge >= 0.3 is 0 Å². The highest BCUT2D eigenvalue weighted by atomic mass is 35.5. The van der Waals surface area contributed by atoms with Gasteiger partial charge in [0.05, 0.1) is 5.02 Å². The lowest BCUT2D eigenvalue weighted by atomic mass is 9.91. The Balaban J connectivity index is 3.13. The molecule has 0 heterocycles. The Hall–Kier alpha value is -0.880. The van der Waals surface area contributed by atoms with Gasteiger partial charge in [-0.1, -0.05) is 23.2 Å². The predicted octanol–water partition coefficient (Wildman–Crippen LogP) is 1.98. The molecular weight excluding hydrogens is 304 g/mol. The van der Waals surface area contributed by atoms with Crippen molar-refractivity contribution >= 4 is 29.1 Å². The third kappa shape index (κ3) is 3.82. The molecule has 1 aromatic rings. The van der Waals surface area contributed by atoms with E-state index in [1.54, 1.807) is 6.92 Å². The molecule has 0 radical (unpaired) electrons. The Morgan fingerprint density at radius 3 is 2.50 bits per heavy atom. The van der Waals surface area contributed by atoms with E-state index in [-0.39, 0.29) is 15.6 Å². The summed E-state index contributed by atoms with van der Waals surface area (Å²) < 4.78 is 13.6. The number of primary amides is 1. The minimum atomic E-state index is -1.27. The fraction of sp³-hybridized carbons (Fsp3) is 0.462. The highest BCUT2D eigenvalue weighted by molar-refractivity contribution is 6.35. The summed E-state index contributed by atoms with van der Waals surface area (Å²) in [6.07, 6.45) is 0. The van der Waals surface area contributed by atoms with Crippen LogP contribution in [0.5, 0.6) is 0 Å². The van der Waals surface area contributed by atoms with Crippen molar-refractivity contribution in [2.75, 3.05) is 27.2 Å². The summed E-state index contributed by atoms with van der Waals surface area (Å²) in [6, 6.07) is 2.40. The van der Waals surface area contributed by atoms with E-state index in [4.69, 9.17) is 28.9 Å². The molecule has 0 fully saturated rings. The summed E-state index contributed by atoms with van der Waals surface area (Å²) in [5.41, 5.74) is 4.45. The van der Waals surface area contributed by atoms with Crippen LogP contribution >= 0.6 is 23.2 Å². The lowest BCUT2D eigenvalue weighted by Crippen LogP contribution is -2.52. The normalized spacial score (nSPS) is 14.3. The molecule has 1 unspecified atom stereocenters. The van der Waals surface area contributed by atoms with Gasteiger partial charge in [-0.05, 0) is 33.2 Å². The second-order valence-corrected chi connectivity index (χ2v) is 5.78. The Labute approximate surface area is 128 Å². The van der Waals surface area contributed by atoms with Crippen LogP contribution in [-0.2, 0) is 10.3 Å². The van der Waals surface area contributed by atoms with Gasteiger partial charge in [-0.15, -0.1) is 0 Å². The number of amides is 1. The Morgan fingerprint density at radius 1 is 1.40 bits per heavy atom. The summed E-state index contributed by atoms with van der Waals surface area (Å²) in [5.74, 6) is -1.28. The smallest absolute Gasteiger partial charge is 0.242 e. The number of halogens is 3. The number of nitrogens with two attached hydrogens (primary N) is 1. The van der Waals surface area contributed by atoms with Gasteiger partial charge in [0.1, 0.15) is 11.4 Å². The van der Waals surface area contributed by atoms with Gasteiger partial charge in [0.25, 0.3) is 0 Å². The Kier molecular flexibility index (Phi) is 5.77. The lowest BCUT2D eigenvalue weighted by Gasteiger charge is -2.29. The van der Waals surface area contributed by atoms with Crippen LogP contribution in [0.3, 0.4) is 0 Å². The molecule has 1 amide bonds. The van der Waals surface area contributed by atoms with Gasteiger partial charge in [0.15, 0.2) is 0 Å². The number of nitrogens with one attached hydrogen (secondary N) is 1. The standard InChI is InChI=1S/C13H18Cl2FN3O/c1-13(12(17)20,18-4-5-19(2)3)8-6-11(16)10(15)7-9(8)14/h6-7,18H,4-5H2,1-3H3,(H2,17,20). The van der Waals surface area contributed by atoms with Gasteiger partial charge in [-0.25, -0.2) is 4.39 Å². The van der Waals surface area contributed by atoms with E-state index in [1.807, 2.05) is 19.0 Å². The van der Waals surface area contributed by atoms with Gasteiger partial charge in [0.2, 0.25) is 5.91 Å². The van der Waals surface area contributed by atoms with E-state index >= 15 is 0 Å². The van der Waals surface area contributed by atoms with Crippen LogP contribution in [0.15, 0.2) is 12.1 Å². The monoisotopic (exact) mass is 321 g/mol. The number of rotatable bonds is 6. The molecule has 1 aromatic carbocycles. The van der Waals surface area contributed by atoms with Gasteiger partial charge in [-0.3, -0.25) is 10.1 Å². The third-order valence-corrected chi connectivity index (χ3v) is 3.68. The van der Waals surface area contributed by atoms with Crippen molar-refractivity contribution in [2.24, 2.45) is 5.73 Å². The summed E-state index contributed by atoms with van der Waals surface area (Å²) in [4.78, 5) is 13.7. The molecule has 0 aliphatic heterocycles. The van der Waals surface area contributed by atoms with Crippen molar-refractivity contribution in [3.8, 4) is 0 Å². The number of likely N-dealkylation sites (N-methyl/N-ethyl adjacent to an activating group) is 1. The number of carbonyl (C=O) groups excluding carboxylic acids is 1. The van der Waals surface area contributed by atoms with Crippen LogP contribution in [-0.4, -0.2) is 38.0 Å². The summed E-state index contributed by atoms with van der Waals surface area (Å²) >= 11 is 11.7. The average Bonchev–Trinajstić information content (AvgIpc) is 2.32. The van der Waals surface area contributed by atoms with Crippen molar-refractivity contribution in [2.45, 2.75) is 12.5 Å². The van der Waals surface area contributed by atoms with E-state index < -0.39 is 17.3 Å². The van der Waals surface area contributed by atoms with E-state index in [1.165, 1.54) is 6.07 Å². The summed E-state index contributed by atoms with van der Waals surface area (Å²) in [5, 5.41) is 3.11. The molecule has 0 spiro atoms. The van der Waals surface area contributed by atoms with E-state index in [2.05, 4.69) is 5.32 Å². The molecule has 0 aliphatic carbocycles. The van der Waals surface area contributed by atoms with Crippen molar-refractivity contribution in [1.29, 1.82) is 0 Å². The van der Waals surface area contributed by atoms with Gasteiger partial charge < -0.3 is 10.6 Å². The molecule has 0 saturated heterocycles. The summed E-state index contributed by atoms with van der Waals surface area (Å²) in [7, 11) is 3.80. The zero-order chi connectivity index (χ0) is 15.5. The van der Waals surface area contributed by atoms with Crippen molar-refractivity contribution in [1.82, 2.24) is 10.2 Å². The largest absolute Gasteiger partial charge is 0.368 e. The Morgan fingerprint density at radius 2 is 2.00 bits per heavy atom. The fourth-order valence-corrected chi connectivity index (χ4v) is 2.32. The zero-order valence-electron chi connectivity index (χ0n) is 11.6. The molecule has 20 heavy (non-hydrogen) atoms. The maximum Gasteiger partial charge on any atom is 0.242 e. The summed E-state index contributed by atoms with van der Waals surface area (Å²) in [6.45, 7) is 2.75. The quantitative estimate of drug-likeness (QED) is 0.788. The van der Waals surface area contributed by atoms with Crippen LogP contribution in [0, 0.1) is 5.82 Å². The zero-order valence-corrected chi connectivity index (χ0v) is 13.1. The molecule has 0 aliphatic rings. The fourth-order valence-electron chi connectivity index (χ4n) is 1.75. The van der Waals surface area contributed by atoms with Crippen LogP contribution < -0.4 is 11.1 Å². The first-order valence-corrected chi connectivity index (χ1v) is 6.78. The van der Waals surface area contributed by atoms with Gasteiger partial charge in [-0.2, -0.15) is 0 Å². The first-order valence-electron chi connectivity index (χ1n) is 6.03. The maximum atomic E-state index is 13.6. The van der Waals surface area contributed by atoms with E-state index in [9.17, 15) is 9.18 Å². The Bertz CT molecular complexity index is 511. The van der Waals surface area contributed by atoms with Crippen LogP contribution in [0.2, 0.25) is 10.0 Å². The minimum Gasteiger partial charge on any atom is -0.368 e. The molecule has 7 heteroatoms. The first kappa shape index (κ1) is 17.2. The van der Waals surface area contributed by atoms with Crippen molar-refractivity contribution in [3.05, 3.63) is 33.6 Å². The van der Waals surface area contributed by atoms with Crippen molar-refractivity contribution in [3.63, 3.8) is 0 Å². The van der Waals surface area contributed by atoms with Gasteiger partial charge in [0, 0.05) is 23.7 Å². The second-order valence-electron chi connectivity index (χ2n) is 4.97. The molecule has 4 nitrogen and oxygen atoms in total. The molecule has 112 valence electrons. The lowest BCUT2D eigenvalue weighted by molar-refractivity contribution is -0.124. The highest BCUT2D eigenvalue weighted by Gasteiger charge is 2.35. The number of hydrogen-bond donors (Lipinski definition) is 2. The molecule has 0 saturated carbocycles. The van der Waals surface area contributed by atoms with E-state index in [0.29, 0.717) is 13.1 Å². The molecule has 1 rings (SSSR count). The van der Waals surface area contributed by atoms with Crippen LogP contribution in [0.1, 0.15) is 12.5 Å². The van der Waals surface area contributed by atoms with Crippen LogP contribution in [0.25, 0.3) is 0 Å². The molecule has 0 aromatic heterocycles. The average molecular weight is 322 g/mol. The molecular formula is C13H18Cl2FN3O. The first-order chi connectivity index (χ1) is 9.18. The topological polar surface area (TPSA) is 58.4 Å². The predicted molar refractivity (Wildman–Crippen MR) is 79.5 cm³/mol. The van der Waals surface area contributed by atoms with Crippen molar-refractivity contribution < 1.29 is 9.18 Å². The number of benzene rings is 1. The second kappa shape index (κ2) is 6.72. The van der Waals surface area contributed by atoms with E-state index in [0.717, 1.165) is 6.07 Å². The van der Waals surface area contributed by atoms with Crippen LogP contribution in [0.4, 0.5) is 4.39 Å². The number of carbonyl (C=O) groups is 1. The third-order valence-electron chi connectivity index (χ3n) is 3.08. The molecule has 1 atom stereocenters. The maximum absolute atomic E-state index is 13.6. The number of hydrogen-bond acceptors (Lipinski definition) is 3. The molecule has 0 bridgehead atoms. The minimum absolute atomic E-state index is 0.0983. The molecule has 3 N–H and O–H groups in total.